The van der Waals surface area contributed by atoms with Crippen LogP contribution in [0.3, 0.4) is 0 Å². The van der Waals surface area contributed by atoms with Crippen molar-refractivity contribution in [3.05, 3.63) is 50.2 Å². The second kappa shape index (κ2) is 6.10. The predicted molar refractivity (Wildman–Crippen MR) is 84.6 cm³/mol. The number of ether oxygens (including phenoxy) is 1. The van der Waals surface area contributed by atoms with Crippen LogP contribution in [0, 0.1) is 28.7 Å². The summed E-state index contributed by atoms with van der Waals surface area (Å²) >= 11 is 2.02. The summed E-state index contributed by atoms with van der Waals surface area (Å²) in [5.41, 5.74) is 1.77. The van der Waals surface area contributed by atoms with Crippen molar-refractivity contribution < 1.29 is 14.6 Å². The zero-order chi connectivity index (χ0) is 15.6. The molecular weight excluding hydrogens is 383 g/mol. The largest absolute Gasteiger partial charge is 0.478 e. The molecule has 0 aliphatic rings. The molecular formula is C15H11IN2O3. The van der Waals surface area contributed by atoms with Crippen LogP contribution in [0.5, 0.6) is 11.6 Å². The lowest BCUT2D eigenvalue weighted by molar-refractivity contribution is 0.0694. The summed E-state index contributed by atoms with van der Waals surface area (Å²) in [5.74, 6) is -0.804. The van der Waals surface area contributed by atoms with E-state index < -0.39 is 5.97 Å². The van der Waals surface area contributed by atoms with Gasteiger partial charge in [0, 0.05) is 9.26 Å². The molecule has 0 bridgehead atoms. The van der Waals surface area contributed by atoms with Gasteiger partial charge in [0.1, 0.15) is 22.9 Å². The van der Waals surface area contributed by atoms with E-state index in [4.69, 9.17) is 4.74 Å². The van der Waals surface area contributed by atoms with Crippen LogP contribution < -0.4 is 4.74 Å². The third-order valence-corrected chi connectivity index (χ3v) is 3.47. The Morgan fingerprint density at radius 1 is 1.38 bits per heavy atom. The Balaban J connectivity index is 2.53. The molecule has 0 aliphatic heterocycles. The van der Waals surface area contributed by atoms with Crippen LogP contribution in [0.1, 0.15) is 27.2 Å². The van der Waals surface area contributed by atoms with Crippen molar-refractivity contribution in [2.24, 2.45) is 0 Å². The van der Waals surface area contributed by atoms with Gasteiger partial charge in [-0.25, -0.2) is 9.78 Å². The molecule has 0 radical (unpaired) electrons. The maximum absolute atomic E-state index is 11.3. The van der Waals surface area contributed by atoms with E-state index in [0.717, 1.165) is 9.13 Å². The van der Waals surface area contributed by atoms with E-state index in [0.29, 0.717) is 11.3 Å². The Kier molecular flexibility index (Phi) is 4.43. The molecule has 0 saturated heterocycles. The Bertz CT molecular complexity index is 766. The highest BCUT2D eigenvalue weighted by Crippen LogP contribution is 2.29. The van der Waals surface area contributed by atoms with E-state index in [1.807, 2.05) is 28.7 Å². The van der Waals surface area contributed by atoms with E-state index in [1.165, 1.54) is 6.07 Å². The fraction of sp³-hybridized carbons (Fsp3) is 0.133. The Labute approximate surface area is 135 Å². The predicted octanol–water partition coefficient (Wildman–Crippen LogP) is 3.67. The van der Waals surface area contributed by atoms with Crippen LogP contribution in [-0.2, 0) is 0 Å². The average molecular weight is 394 g/mol. The standard InChI is InChI=1S/C15H11IN2O3/c1-8-5-9(2)18-14(12(8)7-17)21-13-4-3-10(16)6-11(13)15(19)20/h3-6H,1-2H3,(H,19,20). The van der Waals surface area contributed by atoms with Gasteiger partial charge in [-0.2, -0.15) is 5.26 Å². The summed E-state index contributed by atoms with van der Waals surface area (Å²) < 4.78 is 6.38. The minimum absolute atomic E-state index is 0.0340. The van der Waals surface area contributed by atoms with E-state index in [1.54, 1.807) is 32.0 Å². The monoisotopic (exact) mass is 394 g/mol. The lowest BCUT2D eigenvalue weighted by Crippen LogP contribution is -2.03. The molecule has 0 aliphatic carbocycles. The third-order valence-electron chi connectivity index (χ3n) is 2.80. The van der Waals surface area contributed by atoms with Gasteiger partial charge in [0.25, 0.3) is 0 Å². The Morgan fingerprint density at radius 2 is 2.10 bits per heavy atom. The number of aromatic nitrogens is 1. The first-order valence-electron chi connectivity index (χ1n) is 6.01. The maximum Gasteiger partial charge on any atom is 0.339 e. The van der Waals surface area contributed by atoms with Gasteiger partial charge in [0.2, 0.25) is 5.88 Å². The highest BCUT2D eigenvalue weighted by Gasteiger charge is 2.16. The zero-order valence-electron chi connectivity index (χ0n) is 11.3. The molecule has 0 saturated carbocycles. The van der Waals surface area contributed by atoms with Crippen molar-refractivity contribution in [1.82, 2.24) is 4.98 Å². The number of aromatic carboxylic acids is 1. The van der Waals surface area contributed by atoms with Crippen LogP contribution in [0.15, 0.2) is 24.3 Å². The second-order valence-corrected chi connectivity index (χ2v) is 5.67. The number of rotatable bonds is 3. The topological polar surface area (TPSA) is 83.2 Å². The first-order chi connectivity index (χ1) is 9.92. The van der Waals surface area contributed by atoms with E-state index in [9.17, 15) is 15.2 Å². The molecule has 0 unspecified atom stereocenters. The molecule has 0 amide bonds. The molecule has 21 heavy (non-hydrogen) atoms. The smallest absolute Gasteiger partial charge is 0.339 e. The molecule has 6 heteroatoms. The van der Waals surface area contributed by atoms with Gasteiger partial charge in [0.05, 0.1) is 0 Å². The van der Waals surface area contributed by atoms with Crippen molar-refractivity contribution >= 4 is 28.6 Å². The third kappa shape index (κ3) is 3.31. The molecule has 0 spiro atoms. The molecule has 2 rings (SSSR count). The van der Waals surface area contributed by atoms with Crippen molar-refractivity contribution in [2.45, 2.75) is 13.8 Å². The quantitative estimate of drug-likeness (QED) is 0.804. The van der Waals surface area contributed by atoms with Crippen LogP contribution >= 0.6 is 22.6 Å². The lowest BCUT2D eigenvalue weighted by atomic mass is 10.1. The summed E-state index contributed by atoms with van der Waals surface area (Å²) in [4.78, 5) is 15.5. The highest BCUT2D eigenvalue weighted by atomic mass is 127. The summed E-state index contributed by atoms with van der Waals surface area (Å²) in [6.45, 7) is 3.57. The van der Waals surface area contributed by atoms with Crippen molar-refractivity contribution in [3.8, 4) is 17.7 Å². The fourth-order valence-electron chi connectivity index (χ4n) is 1.87. The van der Waals surface area contributed by atoms with Crippen molar-refractivity contribution in [1.29, 1.82) is 5.26 Å². The summed E-state index contributed by atoms with van der Waals surface area (Å²) in [6.07, 6.45) is 0. The van der Waals surface area contributed by atoms with E-state index in [2.05, 4.69) is 4.98 Å². The second-order valence-electron chi connectivity index (χ2n) is 4.42. The number of carbonyl (C=O) groups is 1. The van der Waals surface area contributed by atoms with Crippen LogP contribution in [0.4, 0.5) is 0 Å². The van der Waals surface area contributed by atoms with Gasteiger partial charge < -0.3 is 9.84 Å². The molecule has 0 atom stereocenters. The van der Waals surface area contributed by atoms with Gasteiger partial charge in [-0.3, -0.25) is 0 Å². The Morgan fingerprint density at radius 3 is 2.71 bits per heavy atom. The molecule has 2 aromatic rings. The van der Waals surface area contributed by atoms with Gasteiger partial charge in [0.15, 0.2) is 0 Å². The van der Waals surface area contributed by atoms with Crippen molar-refractivity contribution in [3.63, 3.8) is 0 Å². The number of carboxylic acids is 1. The fourth-order valence-corrected chi connectivity index (χ4v) is 2.37. The number of halogens is 1. The SMILES string of the molecule is Cc1cc(C)c(C#N)c(Oc2ccc(I)cc2C(=O)O)n1. The van der Waals surface area contributed by atoms with Crippen LogP contribution in [-0.4, -0.2) is 16.1 Å². The van der Waals surface area contributed by atoms with E-state index in [-0.39, 0.29) is 17.2 Å². The number of benzene rings is 1. The van der Waals surface area contributed by atoms with Gasteiger partial charge >= 0.3 is 5.97 Å². The summed E-state index contributed by atoms with van der Waals surface area (Å²) in [5, 5.41) is 18.4. The van der Waals surface area contributed by atoms with Gasteiger partial charge in [-0.15, -0.1) is 0 Å². The number of hydrogen-bond acceptors (Lipinski definition) is 4. The molecule has 0 fully saturated rings. The van der Waals surface area contributed by atoms with Crippen LogP contribution in [0.25, 0.3) is 0 Å². The minimum Gasteiger partial charge on any atom is -0.478 e. The maximum atomic E-state index is 11.3. The molecule has 1 heterocycles. The number of carboxylic acid groups (broad SMARTS) is 1. The summed E-state index contributed by atoms with van der Waals surface area (Å²) in [7, 11) is 0. The first kappa shape index (κ1) is 15.3. The highest BCUT2D eigenvalue weighted by molar-refractivity contribution is 14.1. The molecule has 1 aromatic heterocycles. The molecule has 1 aromatic carbocycles. The minimum atomic E-state index is -1.09. The number of hydrogen-bond donors (Lipinski definition) is 1. The summed E-state index contributed by atoms with van der Waals surface area (Å²) in [6, 6.07) is 8.61. The number of aryl methyl sites for hydroxylation is 2. The molecule has 1 N–H and O–H groups in total. The average Bonchev–Trinajstić information content (AvgIpc) is 2.40. The zero-order valence-corrected chi connectivity index (χ0v) is 13.5. The van der Waals surface area contributed by atoms with Crippen molar-refractivity contribution in [2.75, 3.05) is 0 Å². The van der Waals surface area contributed by atoms with E-state index >= 15 is 0 Å². The van der Waals surface area contributed by atoms with Gasteiger partial charge in [-0.05, 0) is 66.3 Å². The number of pyridine rings is 1. The Hall–Kier alpha value is -2.14. The molecule has 5 nitrogen and oxygen atoms in total. The lowest BCUT2D eigenvalue weighted by Gasteiger charge is -2.11. The molecule has 106 valence electrons. The number of nitrogens with zero attached hydrogens (tertiary/aromatic N) is 2. The normalized spacial score (nSPS) is 10.0. The first-order valence-corrected chi connectivity index (χ1v) is 7.09. The van der Waals surface area contributed by atoms with Crippen LogP contribution in [0.2, 0.25) is 0 Å². The van der Waals surface area contributed by atoms with Gasteiger partial charge in [-0.1, -0.05) is 0 Å². The number of nitriles is 1.